The van der Waals surface area contributed by atoms with Crippen molar-refractivity contribution in [2.45, 2.75) is 0 Å². The summed E-state index contributed by atoms with van der Waals surface area (Å²) in [6.45, 7) is 0. The van der Waals surface area contributed by atoms with Gasteiger partial charge in [-0.15, -0.1) is 0 Å². The number of para-hydroxylation sites is 4. The Morgan fingerprint density at radius 3 is 1.51 bits per heavy atom. The van der Waals surface area contributed by atoms with Gasteiger partial charge in [-0.1, -0.05) is 72.8 Å². The highest BCUT2D eigenvalue weighted by Gasteiger charge is 2.19. The molecule has 200 valence electrons. The predicted molar refractivity (Wildman–Crippen MR) is 179 cm³/mol. The van der Waals surface area contributed by atoms with Crippen molar-refractivity contribution >= 4 is 70.9 Å². The van der Waals surface area contributed by atoms with Gasteiger partial charge in [0.15, 0.2) is 0 Å². The van der Waals surface area contributed by atoms with Gasteiger partial charge in [-0.25, -0.2) is 4.98 Å². The van der Waals surface area contributed by atoms with Crippen LogP contribution in [-0.2, 0) is 0 Å². The Balaban J connectivity index is 1.42. The van der Waals surface area contributed by atoms with Crippen LogP contribution in [0.25, 0.3) is 82.3 Å². The van der Waals surface area contributed by atoms with Gasteiger partial charge in [0, 0.05) is 56.1 Å². The number of hydrogen-bond donors (Lipinski definition) is 0. The molecule has 0 N–H and O–H groups in total. The summed E-state index contributed by atoms with van der Waals surface area (Å²) in [5.41, 5.74) is 9.24. The molecule has 0 bridgehead atoms. The van der Waals surface area contributed by atoms with Crippen molar-refractivity contribution in [2.24, 2.45) is 0 Å². The topological polar surface area (TPSA) is 27.2 Å². The van der Waals surface area contributed by atoms with Crippen LogP contribution in [0.1, 0.15) is 0 Å². The zero-order valence-electron chi connectivity index (χ0n) is 23.1. The summed E-state index contributed by atoms with van der Waals surface area (Å²) in [7, 11) is 0. The third-order valence-electron chi connectivity index (χ3n) is 9.06. The third-order valence-corrected chi connectivity index (χ3v) is 9.06. The summed E-state index contributed by atoms with van der Waals surface area (Å²) >= 11 is 0. The highest BCUT2D eigenvalue weighted by atomic mass is 15.0. The lowest BCUT2D eigenvalue weighted by Gasteiger charge is -2.12. The zero-order valence-corrected chi connectivity index (χ0v) is 23.1. The number of pyridine rings is 1. The Morgan fingerprint density at radius 2 is 0.884 bits per heavy atom. The van der Waals surface area contributed by atoms with Crippen molar-refractivity contribution < 1.29 is 0 Å². The van der Waals surface area contributed by atoms with Gasteiger partial charge in [0.05, 0.1) is 27.6 Å². The molecular formula is C39H24N4. The lowest BCUT2D eigenvalue weighted by atomic mass is 10.0. The molecule has 4 heterocycles. The number of rotatable bonds is 2. The van der Waals surface area contributed by atoms with E-state index in [1.807, 2.05) is 6.20 Å². The van der Waals surface area contributed by atoms with E-state index in [9.17, 15) is 0 Å². The van der Waals surface area contributed by atoms with Gasteiger partial charge in [-0.3, -0.25) is 4.40 Å². The van der Waals surface area contributed by atoms with Crippen LogP contribution >= 0.6 is 0 Å². The summed E-state index contributed by atoms with van der Waals surface area (Å²) in [6, 6.07) is 48.3. The molecule has 0 amide bonds. The molecule has 0 fully saturated rings. The third kappa shape index (κ3) is 3.02. The molecule has 0 saturated heterocycles. The zero-order chi connectivity index (χ0) is 28.1. The maximum Gasteiger partial charge on any atom is 0.145 e. The van der Waals surface area contributed by atoms with Gasteiger partial charge in [0.25, 0.3) is 0 Å². The summed E-state index contributed by atoms with van der Waals surface area (Å²) < 4.78 is 7.03. The first kappa shape index (κ1) is 22.8. The van der Waals surface area contributed by atoms with E-state index in [0.717, 1.165) is 27.9 Å². The number of fused-ring (bicyclic) bond motifs is 12. The molecule has 4 heteroatoms. The van der Waals surface area contributed by atoms with Crippen molar-refractivity contribution in [3.8, 4) is 11.4 Å². The highest BCUT2D eigenvalue weighted by Crippen LogP contribution is 2.41. The first-order chi connectivity index (χ1) is 21.3. The van der Waals surface area contributed by atoms with Crippen LogP contribution < -0.4 is 0 Å². The minimum Gasteiger partial charge on any atom is -0.309 e. The van der Waals surface area contributed by atoms with E-state index in [0.29, 0.717) is 0 Å². The SMILES string of the molecule is c1ccc(-n2c3ccccc3c3cc4c(cc32)c2cc3c5ccccc5n(-c5ccccc5)c3cc2n2ccnc42)cc1. The molecule has 10 aromatic rings. The van der Waals surface area contributed by atoms with Crippen LogP contribution in [-0.4, -0.2) is 18.5 Å². The fourth-order valence-corrected chi connectivity index (χ4v) is 7.25. The van der Waals surface area contributed by atoms with E-state index in [2.05, 4.69) is 153 Å². The van der Waals surface area contributed by atoms with Gasteiger partial charge in [-0.2, -0.15) is 0 Å². The monoisotopic (exact) mass is 548 g/mol. The minimum absolute atomic E-state index is 0.975. The van der Waals surface area contributed by atoms with Crippen LogP contribution in [0.3, 0.4) is 0 Å². The maximum atomic E-state index is 4.90. The number of benzene rings is 6. The second-order valence-corrected chi connectivity index (χ2v) is 11.3. The predicted octanol–water partition coefficient (Wildman–Crippen LogP) is 9.83. The smallest absolute Gasteiger partial charge is 0.145 e. The highest BCUT2D eigenvalue weighted by molar-refractivity contribution is 6.23. The Bertz CT molecular complexity index is 2710. The number of imidazole rings is 1. The largest absolute Gasteiger partial charge is 0.309 e. The van der Waals surface area contributed by atoms with Crippen LogP contribution in [0.15, 0.2) is 146 Å². The Kier molecular flexibility index (Phi) is 4.42. The number of hydrogen-bond acceptors (Lipinski definition) is 1. The summed E-state index contributed by atoms with van der Waals surface area (Å²) in [4.78, 5) is 4.90. The molecule has 0 aliphatic heterocycles. The fourth-order valence-electron chi connectivity index (χ4n) is 7.25. The fraction of sp³-hybridized carbons (Fsp3) is 0. The summed E-state index contributed by atoms with van der Waals surface area (Å²) in [5.74, 6) is 0. The average molecular weight is 549 g/mol. The quantitative estimate of drug-likeness (QED) is 0.198. The van der Waals surface area contributed by atoms with Gasteiger partial charge in [-0.05, 0) is 66.0 Å². The maximum absolute atomic E-state index is 4.90. The number of aromatic nitrogens is 4. The van der Waals surface area contributed by atoms with E-state index < -0.39 is 0 Å². The molecule has 0 atom stereocenters. The van der Waals surface area contributed by atoms with Crippen LogP contribution in [0.5, 0.6) is 0 Å². The minimum atomic E-state index is 0.975. The normalized spacial score (nSPS) is 12.2. The molecule has 4 aromatic heterocycles. The Hall–Kier alpha value is -5.87. The first-order valence-electron chi connectivity index (χ1n) is 14.6. The molecule has 43 heavy (non-hydrogen) atoms. The summed E-state index contributed by atoms with van der Waals surface area (Å²) in [6.07, 6.45) is 4.01. The molecule has 10 rings (SSSR count). The van der Waals surface area contributed by atoms with Crippen molar-refractivity contribution in [1.29, 1.82) is 0 Å². The van der Waals surface area contributed by atoms with Crippen molar-refractivity contribution in [2.75, 3.05) is 0 Å². The molecule has 0 saturated carbocycles. The Labute approximate surface area is 246 Å². The Morgan fingerprint density at radius 1 is 0.372 bits per heavy atom. The summed E-state index contributed by atoms with van der Waals surface area (Å²) in [5, 5.41) is 8.56. The van der Waals surface area contributed by atoms with Crippen molar-refractivity contribution in [3.05, 3.63) is 146 Å². The van der Waals surface area contributed by atoms with Gasteiger partial charge in [0.2, 0.25) is 0 Å². The van der Waals surface area contributed by atoms with E-state index in [1.54, 1.807) is 0 Å². The van der Waals surface area contributed by atoms with Gasteiger partial charge >= 0.3 is 0 Å². The standard InChI is InChI=1S/C39H24N4/c1-3-11-25(12-4-1)42-34-17-9-8-16-28(34)31-22-33-29(23-37(31)42)32-21-30-27-15-7-10-18-35(27)43(26-13-5-2-6-14-26)38(30)24-36(32)41-20-19-40-39(33)41/h1-24H. The molecule has 0 radical (unpaired) electrons. The van der Waals surface area contributed by atoms with E-state index in [4.69, 9.17) is 4.98 Å². The lowest BCUT2D eigenvalue weighted by Crippen LogP contribution is -1.96. The lowest BCUT2D eigenvalue weighted by molar-refractivity contribution is 1.18. The van der Waals surface area contributed by atoms with E-state index in [-0.39, 0.29) is 0 Å². The molecule has 6 aromatic carbocycles. The molecule has 4 nitrogen and oxygen atoms in total. The van der Waals surface area contributed by atoms with E-state index in [1.165, 1.54) is 54.4 Å². The van der Waals surface area contributed by atoms with Crippen LogP contribution in [0.4, 0.5) is 0 Å². The molecule has 0 aliphatic rings. The molecule has 0 unspecified atom stereocenters. The van der Waals surface area contributed by atoms with Gasteiger partial charge < -0.3 is 9.13 Å². The van der Waals surface area contributed by atoms with Crippen molar-refractivity contribution in [3.63, 3.8) is 0 Å². The van der Waals surface area contributed by atoms with Crippen LogP contribution in [0.2, 0.25) is 0 Å². The average Bonchev–Trinajstić information content (AvgIpc) is 3.77. The molecule has 0 aliphatic carbocycles. The second-order valence-electron chi connectivity index (χ2n) is 11.3. The van der Waals surface area contributed by atoms with Crippen molar-refractivity contribution in [1.82, 2.24) is 18.5 Å². The van der Waals surface area contributed by atoms with Crippen LogP contribution in [0, 0.1) is 0 Å². The first-order valence-corrected chi connectivity index (χ1v) is 14.6. The van der Waals surface area contributed by atoms with Gasteiger partial charge in [0.1, 0.15) is 5.65 Å². The van der Waals surface area contributed by atoms with E-state index >= 15 is 0 Å². The molecular weight excluding hydrogens is 524 g/mol. The second kappa shape index (κ2) is 8.34. The molecule has 0 spiro atoms. The number of nitrogens with zero attached hydrogens (tertiary/aromatic N) is 4.